The fraction of sp³-hybridized carbons (Fsp3) is 1.00. The van der Waals surface area contributed by atoms with Crippen LogP contribution in [-0.2, 0) is 0 Å². The standard InChI is InChI=1S/C15H32N2/c1-7-16-15(11(2)3)10-17-9-12(4)8-13(5)14(17)6/h11-16H,7-10H2,1-6H3. The zero-order chi connectivity index (χ0) is 13.0. The molecule has 1 fully saturated rings. The molecule has 17 heavy (non-hydrogen) atoms. The monoisotopic (exact) mass is 240 g/mol. The van der Waals surface area contributed by atoms with Crippen LogP contribution >= 0.6 is 0 Å². The molecule has 0 saturated carbocycles. The Balaban J connectivity index is 2.57. The number of hydrogen-bond acceptors (Lipinski definition) is 2. The lowest BCUT2D eigenvalue weighted by Crippen LogP contribution is -2.52. The zero-order valence-electron chi connectivity index (χ0n) is 12.7. The smallest absolute Gasteiger partial charge is 0.0217 e. The van der Waals surface area contributed by atoms with E-state index in [0.717, 1.165) is 30.3 Å². The summed E-state index contributed by atoms with van der Waals surface area (Å²) in [7, 11) is 0. The summed E-state index contributed by atoms with van der Waals surface area (Å²) in [5.74, 6) is 2.42. The van der Waals surface area contributed by atoms with E-state index < -0.39 is 0 Å². The lowest BCUT2D eigenvalue weighted by atomic mass is 9.85. The van der Waals surface area contributed by atoms with Crippen LogP contribution in [0.3, 0.4) is 0 Å². The van der Waals surface area contributed by atoms with Crippen LogP contribution in [0.15, 0.2) is 0 Å². The second kappa shape index (κ2) is 6.75. The summed E-state index contributed by atoms with van der Waals surface area (Å²) >= 11 is 0. The Hall–Kier alpha value is -0.0800. The average molecular weight is 240 g/mol. The van der Waals surface area contributed by atoms with Crippen LogP contribution in [-0.4, -0.2) is 36.6 Å². The minimum absolute atomic E-state index is 0.639. The van der Waals surface area contributed by atoms with Gasteiger partial charge in [-0.1, -0.05) is 34.6 Å². The maximum Gasteiger partial charge on any atom is 0.0217 e. The summed E-state index contributed by atoms with van der Waals surface area (Å²) in [4.78, 5) is 2.70. The van der Waals surface area contributed by atoms with Gasteiger partial charge < -0.3 is 5.32 Å². The lowest BCUT2D eigenvalue weighted by Gasteiger charge is -2.43. The maximum absolute atomic E-state index is 3.64. The summed E-state index contributed by atoms with van der Waals surface area (Å²) in [6.45, 7) is 17.6. The van der Waals surface area contributed by atoms with Gasteiger partial charge in [0.15, 0.2) is 0 Å². The zero-order valence-corrected chi connectivity index (χ0v) is 12.7. The van der Waals surface area contributed by atoms with Crippen molar-refractivity contribution in [2.24, 2.45) is 17.8 Å². The molecule has 0 aliphatic carbocycles. The van der Waals surface area contributed by atoms with Crippen LogP contribution in [0.4, 0.5) is 0 Å². The van der Waals surface area contributed by atoms with Crippen molar-refractivity contribution in [2.45, 2.75) is 60.0 Å². The molecule has 1 heterocycles. The summed E-state index contributed by atoms with van der Waals surface area (Å²) < 4.78 is 0. The summed E-state index contributed by atoms with van der Waals surface area (Å²) in [5.41, 5.74) is 0. The summed E-state index contributed by atoms with van der Waals surface area (Å²) in [6.07, 6.45) is 1.39. The number of nitrogens with one attached hydrogen (secondary N) is 1. The first-order chi connectivity index (χ1) is 7.95. The first kappa shape index (κ1) is 15.0. The Morgan fingerprint density at radius 2 is 1.88 bits per heavy atom. The van der Waals surface area contributed by atoms with Gasteiger partial charge in [0.1, 0.15) is 0 Å². The van der Waals surface area contributed by atoms with Gasteiger partial charge in [-0.15, -0.1) is 0 Å². The second-order valence-corrected chi connectivity index (χ2v) is 6.42. The fourth-order valence-electron chi connectivity index (χ4n) is 3.10. The van der Waals surface area contributed by atoms with E-state index in [4.69, 9.17) is 0 Å². The molecule has 2 nitrogen and oxygen atoms in total. The Morgan fingerprint density at radius 1 is 1.24 bits per heavy atom. The van der Waals surface area contributed by atoms with Crippen molar-refractivity contribution in [1.82, 2.24) is 10.2 Å². The molecular formula is C15H32N2. The summed E-state index contributed by atoms with van der Waals surface area (Å²) in [5, 5.41) is 3.64. The largest absolute Gasteiger partial charge is 0.313 e. The molecule has 0 radical (unpaired) electrons. The number of likely N-dealkylation sites (tertiary alicyclic amines) is 1. The van der Waals surface area contributed by atoms with Crippen LogP contribution in [0.1, 0.15) is 48.0 Å². The predicted octanol–water partition coefficient (Wildman–Crippen LogP) is 2.99. The van der Waals surface area contributed by atoms with E-state index in [1.165, 1.54) is 19.5 Å². The van der Waals surface area contributed by atoms with Crippen molar-refractivity contribution < 1.29 is 0 Å². The van der Waals surface area contributed by atoms with E-state index in [1.807, 2.05) is 0 Å². The summed E-state index contributed by atoms with van der Waals surface area (Å²) in [6, 6.07) is 1.38. The SMILES string of the molecule is CCNC(CN1CC(C)CC(C)C1C)C(C)C. The van der Waals surface area contributed by atoms with Crippen LogP contribution < -0.4 is 5.32 Å². The van der Waals surface area contributed by atoms with Gasteiger partial charge in [0.25, 0.3) is 0 Å². The molecule has 0 bridgehead atoms. The van der Waals surface area contributed by atoms with Crippen LogP contribution in [0.2, 0.25) is 0 Å². The van der Waals surface area contributed by atoms with Gasteiger partial charge >= 0.3 is 0 Å². The van der Waals surface area contributed by atoms with Gasteiger partial charge in [-0.25, -0.2) is 0 Å². The van der Waals surface area contributed by atoms with Crippen LogP contribution in [0.25, 0.3) is 0 Å². The highest BCUT2D eigenvalue weighted by atomic mass is 15.2. The molecule has 0 aromatic rings. The van der Waals surface area contributed by atoms with E-state index in [-0.39, 0.29) is 0 Å². The van der Waals surface area contributed by atoms with Crippen molar-refractivity contribution in [2.75, 3.05) is 19.6 Å². The van der Waals surface area contributed by atoms with Gasteiger partial charge in [-0.2, -0.15) is 0 Å². The molecule has 0 aromatic heterocycles. The number of piperidine rings is 1. The molecule has 1 aliphatic heterocycles. The van der Waals surface area contributed by atoms with Crippen LogP contribution in [0, 0.1) is 17.8 Å². The van der Waals surface area contributed by atoms with E-state index in [1.54, 1.807) is 0 Å². The number of rotatable bonds is 5. The Bertz CT molecular complexity index is 215. The van der Waals surface area contributed by atoms with Crippen molar-refractivity contribution in [3.63, 3.8) is 0 Å². The van der Waals surface area contributed by atoms with Gasteiger partial charge in [0, 0.05) is 25.2 Å². The molecule has 0 spiro atoms. The first-order valence-corrected chi connectivity index (χ1v) is 7.43. The van der Waals surface area contributed by atoms with E-state index in [9.17, 15) is 0 Å². The normalized spacial score (nSPS) is 33.0. The Labute approximate surface area is 108 Å². The third kappa shape index (κ3) is 4.26. The molecule has 0 aromatic carbocycles. The minimum atomic E-state index is 0.639. The number of hydrogen-bond donors (Lipinski definition) is 1. The molecule has 4 atom stereocenters. The number of nitrogens with zero attached hydrogens (tertiary/aromatic N) is 1. The van der Waals surface area contributed by atoms with Crippen molar-refractivity contribution in [3.05, 3.63) is 0 Å². The van der Waals surface area contributed by atoms with Gasteiger partial charge in [0.05, 0.1) is 0 Å². The Morgan fingerprint density at radius 3 is 2.41 bits per heavy atom. The highest BCUT2D eigenvalue weighted by Crippen LogP contribution is 2.27. The molecule has 0 amide bonds. The lowest BCUT2D eigenvalue weighted by molar-refractivity contribution is 0.0649. The third-order valence-corrected chi connectivity index (χ3v) is 4.42. The van der Waals surface area contributed by atoms with E-state index in [2.05, 4.69) is 51.8 Å². The molecule has 1 aliphatic rings. The van der Waals surface area contributed by atoms with E-state index in [0.29, 0.717) is 6.04 Å². The minimum Gasteiger partial charge on any atom is -0.313 e. The highest BCUT2D eigenvalue weighted by molar-refractivity contribution is 4.85. The average Bonchev–Trinajstić information content (AvgIpc) is 2.24. The maximum atomic E-state index is 3.64. The number of likely N-dealkylation sites (N-methyl/N-ethyl adjacent to an activating group) is 1. The van der Waals surface area contributed by atoms with Crippen molar-refractivity contribution in [3.8, 4) is 0 Å². The molecule has 1 saturated heterocycles. The molecule has 102 valence electrons. The molecule has 2 heteroatoms. The van der Waals surface area contributed by atoms with E-state index >= 15 is 0 Å². The second-order valence-electron chi connectivity index (χ2n) is 6.42. The highest BCUT2D eigenvalue weighted by Gasteiger charge is 2.30. The predicted molar refractivity (Wildman–Crippen MR) is 76.3 cm³/mol. The Kier molecular flexibility index (Phi) is 5.94. The first-order valence-electron chi connectivity index (χ1n) is 7.43. The van der Waals surface area contributed by atoms with Gasteiger partial charge in [-0.3, -0.25) is 4.90 Å². The van der Waals surface area contributed by atoms with Crippen molar-refractivity contribution >= 4 is 0 Å². The molecule has 4 unspecified atom stereocenters. The fourth-order valence-corrected chi connectivity index (χ4v) is 3.10. The topological polar surface area (TPSA) is 15.3 Å². The third-order valence-electron chi connectivity index (χ3n) is 4.42. The van der Waals surface area contributed by atoms with Crippen molar-refractivity contribution in [1.29, 1.82) is 0 Å². The van der Waals surface area contributed by atoms with Crippen LogP contribution in [0.5, 0.6) is 0 Å². The van der Waals surface area contributed by atoms with Gasteiger partial charge in [0.2, 0.25) is 0 Å². The molecular weight excluding hydrogens is 208 g/mol. The van der Waals surface area contributed by atoms with Gasteiger partial charge in [-0.05, 0) is 37.6 Å². The molecule has 1 N–H and O–H groups in total. The molecule has 1 rings (SSSR count). The quantitative estimate of drug-likeness (QED) is 0.795.